The summed E-state index contributed by atoms with van der Waals surface area (Å²) in [4.78, 5) is 14.2. The summed E-state index contributed by atoms with van der Waals surface area (Å²) in [5.74, 6) is 0.0602. The van der Waals surface area contributed by atoms with E-state index < -0.39 is 0 Å². The maximum absolute atomic E-state index is 12.0. The molecular formula is C13H15Cl2NO. The van der Waals surface area contributed by atoms with Gasteiger partial charge in [-0.25, -0.2) is 0 Å². The second kappa shape index (κ2) is 5.38. The number of carbonyl (C=O) groups excluding carboxylic acids is 1. The van der Waals surface area contributed by atoms with E-state index in [4.69, 9.17) is 23.2 Å². The highest BCUT2D eigenvalue weighted by atomic mass is 35.5. The molecule has 0 aromatic heterocycles. The zero-order valence-electron chi connectivity index (χ0n) is 9.75. The number of Topliss-reactive ketones (excluding diaryl/α,β-unsaturated/α-hetero) is 1. The average Bonchev–Trinajstić information content (AvgIpc) is 3.13. The van der Waals surface area contributed by atoms with Gasteiger partial charge in [-0.1, -0.05) is 29.3 Å². The van der Waals surface area contributed by atoms with Gasteiger partial charge in [0.15, 0.2) is 5.78 Å². The second-order valence-corrected chi connectivity index (χ2v) is 5.27. The van der Waals surface area contributed by atoms with E-state index in [2.05, 4.69) is 11.9 Å². The molecule has 1 aliphatic carbocycles. The zero-order valence-corrected chi connectivity index (χ0v) is 11.3. The Kier molecular flexibility index (Phi) is 4.08. The number of hydrogen-bond donors (Lipinski definition) is 0. The standard InChI is InChI=1S/C13H15Cl2NO/c1-16(9-5-6-9)8-7-12(17)10-3-2-4-11(14)13(10)15/h2-4,9H,5-8H2,1H3. The van der Waals surface area contributed by atoms with E-state index in [0.29, 0.717) is 28.1 Å². The summed E-state index contributed by atoms with van der Waals surface area (Å²) in [5, 5.41) is 0.807. The molecule has 0 aliphatic heterocycles. The highest BCUT2D eigenvalue weighted by Crippen LogP contribution is 2.28. The lowest BCUT2D eigenvalue weighted by Gasteiger charge is -2.14. The van der Waals surface area contributed by atoms with Gasteiger partial charge in [0.2, 0.25) is 0 Å². The summed E-state index contributed by atoms with van der Waals surface area (Å²) in [5.41, 5.74) is 0.531. The van der Waals surface area contributed by atoms with Crippen LogP contribution in [0.3, 0.4) is 0 Å². The van der Waals surface area contributed by atoms with Crippen molar-refractivity contribution in [1.29, 1.82) is 0 Å². The fourth-order valence-corrected chi connectivity index (χ4v) is 2.24. The largest absolute Gasteiger partial charge is 0.303 e. The quantitative estimate of drug-likeness (QED) is 0.762. The minimum absolute atomic E-state index is 0.0602. The average molecular weight is 272 g/mol. The van der Waals surface area contributed by atoms with Gasteiger partial charge in [0.25, 0.3) is 0 Å². The predicted octanol–water partition coefficient (Wildman–Crippen LogP) is 3.66. The number of halogens is 2. The molecule has 92 valence electrons. The van der Waals surface area contributed by atoms with Crippen LogP contribution in [0.2, 0.25) is 10.0 Å². The predicted molar refractivity (Wildman–Crippen MR) is 71.1 cm³/mol. The Hall–Kier alpha value is -0.570. The molecule has 0 radical (unpaired) electrons. The maximum atomic E-state index is 12.0. The molecule has 1 aromatic rings. The molecule has 0 N–H and O–H groups in total. The first kappa shape index (κ1) is 12.9. The molecule has 17 heavy (non-hydrogen) atoms. The fourth-order valence-electron chi connectivity index (χ4n) is 1.83. The number of nitrogens with zero attached hydrogens (tertiary/aromatic N) is 1. The smallest absolute Gasteiger partial charge is 0.165 e. The molecule has 0 spiro atoms. The summed E-state index contributed by atoms with van der Waals surface area (Å²) in [7, 11) is 2.06. The third-order valence-electron chi connectivity index (χ3n) is 3.11. The molecule has 0 atom stereocenters. The van der Waals surface area contributed by atoms with Gasteiger partial charge in [0.05, 0.1) is 10.0 Å². The third kappa shape index (κ3) is 3.21. The third-order valence-corrected chi connectivity index (χ3v) is 3.93. The van der Waals surface area contributed by atoms with Crippen LogP contribution < -0.4 is 0 Å². The minimum atomic E-state index is 0.0602. The Labute approximate surface area is 112 Å². The monoisotopic (exact) mass is 271 g/mol. The minimum Gasteiger partial charge on any atom is -0.303 e. The number of benzene rings is 1. The molecule has 1 fully saturated rings. The van der Waals surface area contributed by atoms with E-state index in [1.54, 1.807) is 18.2 Å². The van der Waals surface area contributed by atoms with Crippen LogP contribution in [0.1, 0.15) is 29.6 Å². The lowest BCUT2D eigenvalue weighted by atomic mass is 10.1. The van der Waals surface area contributed by atoms with E-state index in [-0.39, 0.29) is 5.78 Å². The Morgan fingerprint density at radius 1 is 1.41 bits per heavy atom. The highest BCUT2D eigenvalue weighted by Gasteiger charge is 2.26. The molecule has 1 saturated carbocycles. The fraction of sp³-hybridized carbons (Fsp3) is 0.462. The molecule has 0 heterocycles. The van der Waals surface area contributed by atoms with E-state index in [9.17, 15) is 4.79 Å². The van der Waals surface area contributed by atoms with E-state index in [0.717, 1.165) is 6.54 Å². The number of hydrogen-bond acceptors (Lipinski definition) is 2. The van der Waals surface area contributed by atoms with Gasteiger partial charge in [-0.15, -0.1) is 0 Å². The molecule has 2 rings (SSSR count). The first-order valence-electron chi connectivity index (χ1n) is 5.77. The Bertz CT molecular complexity index is 429. The lowest BCUT2D eigenvalue weighted by molar-refractivity contribution is 0.0968. The van der Waals surface area contributed by atoms with Crippen molar-refractivity contribution in [3.8, 4) is 0 Å². The van der Waals surface area contributed by atoms with Crippen molar-refractivity contribution in [3.63, 3.8) is 0 Å². The lowest BCUT2D eigenvalue weighted by Crippen LogP contribution is -2.24. The van der Waals surface area contributed by atoms with Gasteiger partial charge < -0.3 is 4.90 Å². The van der Waals surface area contributed by atoms with Crippen LogP contribution in [0.25, 0.3) is 0 Å². The summed E-state index contributed by atoms with van der Waals surface area (Å²) >= 11 is 11.9. The normalized spacial score (nSPS) is 15.3. The van der Waals surface area contributed by atoms with Gasteiger partial charge in [0, 0.05) is 24.6 Å². The molecule has 1 aliphatic rings. The van der Waals surface area contributed by atoms with Crippen molar-refractivity contribution in [2.75, 3.05) is 13.6 Å². The molecule has 2 nitrogen and oxygen atoms in total. The number of carbonyl (C=O) groups is 1. The van der Waals surface area contributed by atoms with Crippen molar-refractivity contribution in [3.05, 3.63) is 33.8 Å². The van der Waals surface area contributed by atoms with Gasteiger partial charge in [-0.2, -0.15) is 0 Å². The molecular weight excluding hydrogens is 257 g/mol. The molecule has 0 amide bonds. The van der Waals surface area contributed by atoms with Crippen molar-refractivity contribution in [2.24, 2.45) is 0 Å². The molecule has 4 heteroatoms. The van der Waals surface area contributed by atoms with Crippen LogP contribution in [0.5, 0.6) is 0 Å². The zero-order chi connectivity index (χ0) is 12.4. The first-order chi connectivity index (χ1) is 8.09. The Morgan fingerprint density at radius 2 is 2.12 bits per heavy atom. The van der Waals surface area contributed by atoms with Crippen LogP contribution in [0.15, 0.2) is 18.2 Å². The summed E-state index contributed by atoms with van der Waals surface area (Å²) in [6, 6.07) is 5.86. The van der Waals surface area contributed by atoms with E-state index in [1.807, 2.05) is 0 Å². The first-order valence-corrected chi connectivity index (χ1v) is 6.52. The number of ketones is 1. The SMILES string of the molecule is CN(CCC(=O)c1cccc(Cl)c1Cl)C1CC1. The van der Waals surface area contributed by atoms with Gasteiger partial charge in [-0.05, 0) is 32.0 Å². The topological polar surface area (TPSA) is 20.3 Å². The molecule has 0 unspecified atom stereocenters. The van der Waals surface area contributed by atoms with E-state index in [1.165, 1.54) is 12.8 Å². The van der Waals surface area contributed by atoms with Crippen molar-refractivity contribution in [2.45, 2.75) is 25.3 Å². The maximum Gasteiger partial charge on any atom is 0.165 e. The molecule has 0 bridgehead atoms. The van der Waals surface area contributed by atoms with Gasteiger partial charge >= 0.3 is 0 Å². The Balaban J connectivity index is 1.96. The van der Waals surface area contributed by atoms with Crippen LogP contribution in [0.4, 0.5) is 0 Å². The number of rotatable bonds is 5. The summed E-state index contributed by atoms with van der Waals surface area (Å²) in [6.45, 7) is 0.784. The van der Waals surface area contributed by atoms with E-state index >= 15 is 0 Å². The van der Waals surface area contributed by atoms with Gasteiger partial charge in [0.1, 0.15) is 0 Å². The van der Waals surface area contributed by atoms with Crippen LogP contribution in [-0.4, -0.2) is 30.3 Å². The summed E-state index contributed by atoms with van der Waals surface area (Å²) < 4.78 is 0. The molecule has 0 saturated heterocycles. The highest BCUT2D eigenvalue weighted by molar-refractivity contribution is 6.43. The van der Waals surface area contributed by atoms with Crippen molar-refractivity contribution >= 4 is 29.0 Å². The summed E-state index contributed by atoms with van der Waals surface area (Å²) in [6.07, 6.45) is 3.00. The van der Waals surface area contributed by atoms with Crippen LogP contribution in [-0.2, 0) is 0 Å². The Morgan fingerprint density at radius 3 is 2.76 bits per heavy atom. The van der Waals surface area contributed by atoms with Gasteiger partial charge in [-0.3, -0.25) is 4.79 Å². The molecule has 1 aromatic carbocycles. The van der Waals surface area contributed by atoms with Crippen molar-refractivity contribution < 1.29 is 4.79 Å². The van der Waals surface area contributed by atoms with Crippen molar-refractivity contribution in [1.82, 2.24) is 4.90 Å². The van der Waals surface area contributed by atoms with Crippen LogP contribution in [0, 0.1) is 0 Å². The second-order valence-electron chi connectivity index (χ2n) is 4.49. The van der Waals surface area contributed by atoms with Crippen LogP contribution >= 0.6 is 23.2 Å².